The molecule has 1 aromatic carbocycles. The van der Waals surface area contributed by atoms with Crippen LogP contribution in [0.3, 0.4) is 0 Å². The van der Waals surface area contributed by atoms with Gasteiger partial charge < -0.3 is 19.2 Å². The van der Waals surface area contributed by atoms with E-state index < -0.39 is 0 Å². The van der Waals surface area contributed by atoms with Gasteiger partial charge in [-0.05, 0) is 37.1 Å². The standard InChI is InChI=1S/C19H21N3O3/c1-13-6-4-7-14(2)19(13)20-18(23)12-22(3)11-15-10-17(25-21-15)16-8-5-9-24-16/h4-10H,11-12H2,1-3H3,(H,20,23)/p+1. The van der Waals surface area contributed by atoms with Gasteiger partial charge in [-0.3, -0.25) is 4.79 Å². The number of likely N-dealkylation sites (N-methyl/N-ethyl adjacent to an activating group) is 1. The largest absolute Gasteiger partial charge is 0.461 e. The predicted octanol–water partition coefficient (Wildman–Crippen LogP) is 2.20. The predicted molar refractivity (Wildman–Crippen MR) is 94.2 cm³/mol. The highest BCUT2D eigenvalue weighted by atomic mass is 16.5. The summed E-state index contributed by atoms with van der Waals surface area (Å²) >= 11 is 0. The van der Waals surface area contributed by atoms with Crippen molar-refractivity contribution in [1.82, 2.24) is 5.16 Å². The highest BCUT2D eigenvalue weighted by molar-refractivity contribution is 5.93. The zero-order valence-corrected chi connectivity index (χ0v) is 14.6. The summed E-state index contributed by atoms with van der Waals surface area (Å²) < 4.78 is 10.6. The molecule has 3 rings (SSSR count). The van der Waals surface area contributed by atoms with Crippen LogP contribution in [0.4, 0.5) is 5.69 Å². The monoisotopic (exact) mass is 340 g/mol. The Labute approximate surface area is 146 Å². The Balaban J connectivity index is 1.57. The lowest BCUT2D eigenvalue weighted by molar-refractivity contribution is -0.885. The molecule has 2 heterocycles. The van der Waals surface area contributed by atoms with Crippen molar-refractivity contribution in [1.29, 1.82) is 0 Å². The van der Waals surface area contributed by atoms with Crippen LogP contribution in [-0.2, 0) is 11.3 Å². The van der Waals surface area contributed by atoms with Gasteiger partial charge in [0.25, 0.3) is 5.91 Å². The van der Waals surface area contributed by atoms with E-state index in [-0.39, 0.29) is 5.91 Å². The number of nitrogens with one attached hydrogen (secondary N) is 2. The van der Waals surface area contributed by atoms with E-state index in [9.17, 15) is 4.79 Å². The van der Waals surface area contributed by atoms with Crippen LogP contribution in [0.15, 0.2) is 51.6 Å². The molecule has 0 aliphatic heterocycles. The normalized spacial score (nSPS) is 12.1. The molecule has 1 unspecified atom stereocenters. The number of benzene rings is 1. The summed E-state index contributed by atoms with van der Waals surface area (Å²) in [5.74, 6) is 1.21. The molecule has 1 amide bonds. The van der Waals surface area contributed by atoms with Gasteiger partial charge >= 0.3 is 0 Å². The van der Waals surface area contributed by atoms with Gasteiger partial charge in [-0.1, -0.05) is 23.4 Å². The molecule has 6 heteroatoms. The summed E-state index contributed by atoms with van der Waals surface area (Å²) in [6.07, 6.45) is 1.59. The fourth-order valence-corrected chi connectivity index (χ4v) is 2.77. The molecule has 0 aliphatic carbocycles. The highest BCUT2D eigenvalue weighted by Gasteiger charge is 2.16. The van der Waals surface area contributed by atoms with Crippen molar-refractivity contribution in [3.05, 3.63) is 59.5 Å². The Morgan fingerprint density at radius 2 is 1.92 bits per heavy atom. The highest BCUT2D eigenvalue weighted by Crippen LogP contribution is 2.20. The van der Waals surface area contributed by atoms with Gasteiger partial charge in [0.05, 0.1) is 13.3 Å². The molecule has 0 saturated heterocycles. The van der Waals surface area contributed by atoms with Crippen molar-refractivity contribution in [3.8, 4) is 11.5 Å². The molecule has 0 spiro atoms. The molecule has 0 aliphatic rings. The van der Waals surface area contributed by atoms with Gasteiger partial charge in [0, 0.05) is 11.8 Å². The summed E-state index contributed by atoms with van der Waals surface area (Å²) in [5, 5.41) is 7.05. The minimum Gasteiger partial charge on any atom is -0.461 e. The van der Waals surface area contributed by atoms with E-state index in [0.29, 0.717) is 24.6 Å². The first-order chi connectivity index (χ1) is 12.0. The Hall–Kier alpha value is -2.86. The topological polar surface area (TPSA) is 72.7 Å². The molecule has 3 aromatic rings. The van der Waals surface area contributed by atoms with E-state index in [1.54, 1.807) is 12.3 Å². The summed E-state index contributed by atoms with van der Waals surface area (Å²) in [5.41, 5.74) is 3.79. The van der Waals surface area contributed by atoms with Crippen molar-refractivity contribution in [2.24, 2.45) is 0 Å². The van der Waals surface area contributed by atoms with Gasteiger partial charge in [0.1, 0.15) is 12.2 Å². The van der Waals surface area contributed by atoms with E-state index in [0.717, 1.165) is 27.4 Å². The maximum absolute atomic E-state index is 12.3. The van der Waals surface area contributed by atoms with Crippen LogP contribution in [-0.4, -0.2) is 24.7 Å². The number of nitrogens with zero attached hydrogens (tertiary/aromatic N) is 1. The Morgan fingerprint density at radius 3 is 2.60 bits per heavy atom. The van der Waals surface area contributed by atoms with Gasteiger partial charge in [0.15, 0.2) is 12.3 Å². The van der Waals surface area contributed by atoms with Gasteiger partial charge in [-0.2, -0.15) is 0 Å². The molecular formula is C19H22N3O3+. The van der Waals surface area contributed by atoms with Crippen LogP contribution < -0.4 is 10.2 Å². The molecule has 0 fully saturated rings. The Bertz CT molecular complexity index is 832. The number of para-hydroxylation sites is 1. The minimum atomic E-state index is -0.0235. The quantitative estimate of drug-likeness (QED) is 0.722. The molecule has 2 N–H and O–H groups in total. The average Bonchev–Trinajstić information content (AvgIpc) is 3.22. The van der Waals surface area contributed by atoms with Crippen molar-refractivity contribution in [3.63, 3.8) is 0 Å². The number of amides is 1. The summed E-state index contributed by atoms with van der Waals surface area (Å²) in [6.45, 7) is 4.91. The van der Waals surface area contributed by atoms with E-state index in [1.165, 1.54) is 0 Å². The van der Waals surface area contributed by atoms with Gasteiger partial charge in [-0.25, -0.2) is 0 Å². The maximum atomic E-state index is 12.3. The van der Waals surface area contributed by atoms with Crippen LogP contribution in [0, 0.1) is 13.8 Å². The van der Waals surface area contributed by atoms with Crippen LogP contribution in [0.5, 0.6) is 0 Å². The number of anilines is 1. The third kappa shape index (κ3) is 4.16. The molecule has 25 heavy (non-hydrogen) atoms. The zero-order chi connectivity index (χ0) is 17.8. The van der Waals surface area contributed by atoms with E-state index >= 15 is 0 Å². The molecule has 1 atom stereocenters. The van der Waals surface area contributed by atoms with Crippen LogP contribution in [0.2, 0.25) is 0 Å². The SMILES string of the molecule is Cc1cccc(C)c1NC(=O)C[NH+](C)Cc1cc(-c2ccco2)on1. The summed E-state index contributed by atoms with van der Waals surface area (Å²) in [7, 11) is 1.95. The summed E-state index contributed by atoms with van der Waals surface area (Å²) in [4.78, 5) is 13.3. The second kappa shape index (κ2) is 7.36. The second-order valence-corrected chi connectivity index (χ2v) is 6.29. The van der Waals surface area contributed by atoms with Crippen LogP contribution in [0.25, 0.3) is 11.5 Å². The van der Waals surface area contributed by atoms with Crippen LogP contribution in [0.1, 0.15) is 16.8 Å². The summed E-state index contributed by atoms with van der Waals surface area (Å²) in [6, 6.07) is 11.4. The van der Waals surface area contributed by atoms with Crippen molar-refractivity contribution >= 4 is 11.6 Å². The molecule has 0 saturated carbocycles. The van der Waals surface area contributed by atoms with Crippen molar-refractivity contribution < 1.29 is 18.6 Å². The molecular weight excluding hydrogens is 318 g/mol. The van der Waals surface area contributed by atoms with Gasteiger partial charge in [-0.15, -0.1) is 0 Å². The Morgan fingerprint density at radius 1 is 1.16 bits per heavy atom. The van der Waals surface area contributed by atoms with E-state index in [1.807, 2.05) is 51.2 Å². The smallest absolute Gasteiger partial charge is 0.279 e. The molecule has 2 aromatic heterocycles. The number of aromatic nitrogens is 1. The lowest BCUT2D eigenvalue weighted by Gasteiger charge is -2.14. The fraction of sp³-hybridized carbons (Fsp3) is 0.263. The van der Waals surface area contributed by atoms with E-state index in [2.05, 4.69) is 10.5 Å². The third-order valence-corrected chi connectivity index (χ3v) is 4.01. The molecule has 0 bridgehead atoms. The van der Waals surface area contributed by atoms with Crippen LogP contribution >= 0.6 is 0 Å². The third-order valence-electron chi connectivity index (χ3n) is 4.01. The first-order valence-electron chi connectivity index (χ1n) is 8.20. The zero-order valence-electron chi connectivity index (χ0n) is 14.6. The van der Waals surface area contributed by atoms with E-state index in [4.69, 9.17) is 8.94 Å². The van der Waals surface area contributed by atoms with Crippen molar-refractivity contribution in [2.75, 3.05) is 18.9 Å². The average molecular weight is 340 g/mol. The number of hydrogen-bond donors (Lipinski definition) is 2. The lowest BCUT2D eigenvalue weighted by atomic mass is 10.1. The number of aryl methyl sites for hydroxylation is 2. The second-order valence-electron chi connectivity index (χ2n) is 6.29. The number of carbonyl (C=O) groups is 1. The Kier molecular flexibility index (Phi) is 5.00. The first-order valence-corrected chi connectivity index (χ1v) is 8.20. The number of quaternary nitrogens is 1. The number of furan rings is 1. The molecule has 0 radical (unpaired) electrons. The van der Waals surface area contributed by atoms with Gasteiger partial charge in [0.2, 0.25) is 5.76 Å². The number of hydrogen-bond acceptors (Lipinski definition) is 4. The number of rotatable bonds is 6. The van der Waals surface area contributed by atoms with Crippen molar-refractivity contribution in [2.45, 2.75) is 20.4 Å². The maximum Gasteiger partial charge on any atom is 0.279 e. The number of carbonyl (C=O) groups excluding carboxylic acids is 1. The molecule has 6 nitrogen and oxygen atoms in total. The first kappa shape index (κ1) is 17.0. The molecule has 130 valence electrons. The lowest BCUT2D eigenvalue weighted by Crippen LogP contribution is -3.08. The minimum absolute atomic E-state index is 0.0235. The fourth-order valence-electron chi connectivity index (χ4n) is 2.77.